The third kappa shape index (κ3) is 4.59. The molecule has 1 fully saturated rings. The molecule has 1 rings (SSSR count). The highest BCUT2D eigenvalue weighted by Gasteiger charge is 2.29. The van der Waals surface area contributed by atoms with Crippen molar-refractivity contribution >= 4 is 5.91 Å². The molecule has 1 heterocycles. The quantitative estimate of drug-likeness (QED) is 0.662. The van der Waals surface area contributed by atoms with Gasteiger partial charge in [0.25, 0.3) is 0 Å². The van der Waals surface area contributed by atoms with E-state index >= 15 is 0 Å². The molecular weight excluding hydrogens is 198 g/mol. The smallest absolute Gasteiger partial charge is 0.246 e. The molecule has 88 valence electrons. The summed E-state index contributed by atoms with van der Waals surface area (Å²) in [5.74, 6) is -0.184. The number of nitrogens with one attached hydrogen (secondary N) is 1. The zero-order valence-electron chi connectivity index (χ0n) is 9.12. The van der Waals surface area contributed by atoms with Crippen molar-refractivity contribution in [2.75, 3.05) is 33.0 Å². The van der Waals surface area contributed by atoms with Gasteiger partial charge in [0.05, 0.1) is 5.60 Å². The van der Waals surface area contributed by atoms with Gasteiger partial charge in [-0.3, -0.25) is 4.79 Å². The van der Waals surface area contributed by atoms with Crippen LogP contribution in [0.5, 0.6) is 0 Å². The van der Waals surface area contributed by atoms with E-state index in [1.165, 1.54) is 0 Å². The third-order valence-electron chi connectivity index (χ3n) is 2.48. The minimum absolute atomic E-state index is 0.0586. The summed E-state index contributed by atoms with van der Waals surface area (Å²) in [7, 11) is 0. The summed E-state index contributed by atoms with van der Waals surface area (Å²) in [6.45, 7) is 3.80. The summed E-state index contributed by atoms with van der Waals surface area (Å²) in [6.07, 6.45) is 1.14. The number of hydrogen-bond donors (Lipinski definition) is 2. The second-order valence-corrected chi connectivity index (χ2v) is 3.75. The zero-order valence-corrected chi connectivity index (χ0v) is 9.12. The highest BCUT2D eigenvalue weighted by Crippen LogP contribution is 2.18. The van der Waals surface area contributed by atoms with Gasteiger partial charge < -0.3 is 19.9 Å². The minimum Gasteiger partial charge on any atom is -0.388 e. The van der Waals surface area contributed by atoms with Crippen LogP contribution in [0.15, 0.2) is 0 Å². The monoisotopic (exact) mass is 217 g/mol. The van der Waals surface area contributed by atoms with Crippen molar-refractivity contribution in [1.29, 1.82) is 0 Å². The average Bonchev–Trinajstić information content (AvgIpc) is 2.25. The van der Waals surface area contributed by atoms with Gasteiger partial charge in [0.2, 0.25) is 5.91 Å². The second kappa shape index (κ2) is 6.05. The molecule has 0 bridgehead atoms. The first-order valence-corrected chi connectivity index (χ1v) is 5.31. The number of rotatable bonds is 5. The van der Waals surface area contributed by atoms with E-state index in [9.17, 15) is 9.90 Å². The van der Waals surface area contributed by atoms with Crippen LogP contribution in [-0.2, 0) is 14.3 Å². The number of amides is 1. The molecule has 0 atom stereocenters. The van der Waals surface area contributed by atoms with Gasteiger partial charge >= 0.3 is 0 Å². The largest absolute Gasteiger partial charge is 0.388 e. The fourth-order valence-corrected chi connectivity index (χ4v) is 1.44. The number of aliphatic hydroxyl groups is 1. The molecule has 0 aliphatic carbocycles. The second-order valence-electron chi connectivity index (χ2n) is 3.75. The Morgan fingerprint density at radius 2 is 2.20 bits per heavy atom. The van der Waals surface area contributed by atoms with Crippen LogP contribution in [0.25, 0.3) is 0 Å². The average molecular weight is 217 g/mol. The maximum atomic E-state index is 11.2. The van der Waals surface area contributed by atoms with Gasteiger partial charge in [0, 0.05) is 39.2 Å². The molecule has 0 aromatic carbocycles. The van der Waals surface area contributed by atoms with Gasteiger partial charge in [0.15, 0.2) is 0 Å². The first kappa shape index (κ1) is 12.4. The van der Waals surface area contributed by atoms with E-state index in [-0.39, 0.29) is 19.1 Å². The summed E-state index contributed by atoms with van der Waals surface area (Å²) in [5.41, 5.74) is -0.805. The van der Waals surface area contributed by atoms with E-state index in [1.807, 2.05) is 6.92 Å². The summed E-state index contributed by atoms with van der Waals surface area (Å²) in [5, 5.41) is 12.7. The van der Waals surface area contributed by atoms with Crippen LogP contribution in [0.4, 0.5) is 0 Å². The molecule has 0 unspecified atom stereocenters. The zero-order chi connectivity index (χ0) is 11.1. The van der Waals surface area contributed by atoms with Gasteiger partial charge in [0.1, 0.15) is 6.61 Å². The van der Waals surface area contributed by atoms with Gasteiger partial charge in [-0.2, -0.15) is 0 Å². The van der Waals surface area contributed by atoms with E-state index in [0.717, 1.165) is 0 Å². The van der Waals surface area contributed by atoms with E-state index in [4.69, 9.17) is 9.47 Å². The molecule has 0 saturated carbocycles. The molecule has 0 aromatic heterocycles. The maximum Gasteiger partial charge on any atom is 0.246 e. The Labute approximate surface area is 89.8 Å². The molecule has 1 amide bonds. The summed E-state index contributed by atoms with van der Waals surface area (Å²) < 4.78 is 10.1. The Morgan fingerprint density at radius 3 is 2.80 bits per heavy atom. The van der Waals surface area contributed by atoms with E-state index in [2.05, 4.69) is 5.32 Å². The fraction of sp³-hybridized carbons (Fsp3) is 0.900. The Balaban J connectivity index is 2.19. The predicted molar refractivity (Wildman–Crippen MR) is 54.5 cm³/mol. The number of ether oxygens (including phenoxy) is 2. The summed E-state index contributed by atoms with van der Waals surface area (Å²) in [6, 6.07) is 0. The fourth-order valence-electron chi connectivity index (χ4n) is 1.44. The highest BCUT2D eigenvalue weighted by molar-refractivity contribution is 5.77. The molecule has 1 aliphatic heterocycles. The van der Waals surface area contributed by atoms with Crippen molar-refractivity contribution in [2.24, 2.45) is 0 Å². The number of carbonyl (C=O) groups excluding carboxylic acids is 1. The molecule has 0 radical (unpaired) electrons. The normalized spacial score (nSPS) is 19.9. The van der Waals surface area contributed by atoms with Crippen LogP contribution < -0.4 is 5.32 Å². The predicted octanol–water partition coefficient (Wildman–Crippen LogP) is -0.319. The highest BCUT2D eigenvalue weighted by atomic mass is 16.5. The molecule has 0 spiro atoms. The van der Waals surface area contributed by atoms with Crippen LogP contribution >= 0.6 is 0 Å². The first-order valence-electron chi connectivity index (χ1n) is 5.31. The molecule has 0 aromatic rings. The van der Waals surface area contributed by atoms with Gasteiger partial charge in [-0.1, -0.05) is 0 Å². The SMILES string of the molecule is CCOCC(=O)NCC1(O)CCOCC1. The van der Waals surface area contributed by atoms with Gasteiger partial charge in [-0.05, 0) is 6.92 Å². The van der Waals surface area contributed by atoms with Crippen LogP contribution in [-0.4, -0.2) is 49.6 Å². The lowest BCUT2D eigenvalue weighted by Crippen LogP contribution is -2.47. The lowest BCUT2D eigenvalue weighted by molar-refractivity contribution is -0.128. The molecule has 15 heavy (non-hydrogen) atoms. The van der Waals surface area contributed by atoms with Crippen molar-refractivity contribution in [3.63, 3.8) is 0 Å². The Hall–Kier alpha value is -0.650. The van der Waals surface area contributed by atoms with E-state index in [0.29, 0.717) is 32.7 Å². The first-order chi connectivity index (χ1) is 7.16. The van der Waals surface area contributed by atoms with E-state index < -0.39 is 5.60 Å². The van der Waals surface area contributed by atoms with Gasteiger partial charge in [-0.25, -0.2) is 0 Å². The van der Waals surface area contributed by atoms with Crippen LogP contribution in [0.2, 0.25) is 0 Å². The van der Waals surface area contributed by atoms with Crippen molar-refractivity contribution in [3.05, 3.63) is 0 Å². The summed E-state index contributed by atoms with van der Waals surface area (Å²) in [4.78, 5) is 11.2. The molecular formula is C10H19NO4. The molecule has 1 aliphatic rings. The van der Waals surface area contributed by atoms with Gasteiger partial charge in [-0.15, -0.1) is 0 Å². The number of hydrogen-bond acceptors (Lipinski definition) is 4. The third-order valence-corrected chi connectivity index (χ3v) is 2.48. The van der Waals surface area contributed by atoms with Crippen molar-refractivity contribution < 1.29 is 19.4 Å². The molecule has 1 saturated heterocycles. The molecule has 2 N–H and O–H groups in total. The lowest BCUT2D eigenvalue weighted by atomic mass is 9.94. The maximum absolute atomic E-state index is 11.2. The van der Waals surface area contributed by atoms with Crippen molar-refractivity contribution in [3.8, 4) is 0 Å². The Kier molecular flexibility index (Phi) is 5.01. The Morgan fingerprint density at radius 1 is 1.53 bits per heavy atom. The lowest BCUT2D eigenvalue weighted by Gasteiger charge is -2.32. The summed E-state index contributed by atoms with van der Waals surface area (Å²) >= 11 is 0. The van der Waals surface area contributed by atoms with E-state index in [1.54, 1.807) is 0 Å². The van der Waals surface area contributed by atoms with Crippen LogP contribution in [0.1, 0.15) is 19.8 Å². The van der Waals surface area contributed by atoms with Crippen LogP contribution in [0.3, 0.4) is 0 Å². The number of carbonyl (C=O) groups is 1. The van der Waals surface area contributed by atoms with Crippen molar-refractivity contribution in [2.45, 2.75) is 25.4 Å². The topological polar surface area (TPSA) is 67.8 Å². The standard InChI is InChI=1S/C10H19NO4/c1-2-14-7-9(12)11-8-10(13)3-5-15-6-4-10/h13H,2-8H2,1H3,(H,11,12). The van der Waals surface area contributed by atoms with Crippen molar-refractivity contribution in [1.82, 2.24) is 5.32 Å². The molecule has 5 nitrogen and oxygen atoms in total. The Bertz CT molecular complexity index is 202. The minimum atomic E-state index is -0.805. The molecule has 5 heteroatoms. The van der Waals surface area contributed by atoms with Crippen LogP contribution in [0, 0.1) is 0 Å².